The van der Waals surface area contributed by atoms with Crippen molar-refractivity contribution in [2.45, 2.75) is 13.0 Å². The van der Waals surface area contributed by atoms with Crippen molar-refractivity contribution in [3.05, 3.63) is 63.1 Å². The fourth-order valence-corrected chi connectivity index (χ4v) is 2.56. The summed E-state index contributed by atoms with van der Waals surface area (Å²) in [5, 5.41) is 4.21. The topological polar surface area (TPSA) is 21.3 Å². The van der Waals surface area contributed by atoms with Gasteiger partial charge in [-0.25, -0.2) is 0 Å². The van der Waals surface area contributed by atoms with Crippen molar-refractivity contribution in [1.29, 1.82) is 0 Å². The SMILES string of the molecule is CCNC(c1ccc(OC)cc1)c1ccc(Br)c(Cl)c1. The van der Waals surface area contributed by atoms with Crippen molar-refractivity contribution in [2.75, 3.05) is 13.7 Å². The van der Waals surface area contributed by atoms with Gasteiger partial charge in [0.05, 0.1) is 18.2 Å². The second kappa shape index (κ2) is 7.11. The molecule has 1 atom stereocenters. The Hall–Kier alpha value is -1.03. The van der Waals surface area contributed by atoms with Crippen LogP contribution in [0, 0.1) is 0 Å². The highest BCUT2D eigenvalue weighted by Gasteiger charge is 2.14. The van der Waals surface area contributed by atoms with Crippen molar-refractivity contribution >= 4 is 27.5 Å². The van der Waals surface area contributed by atoms with Gasteiger partial charge in [-0.05, 0) is 57.9 Å². The van der Waals surface area contributed by atoms with Crippen LogP contribution in [0.2, 0.25) is 5.02 Å². The average Bonchev–Trinajstić information content (AvgIpc) is 2.48. The Morgan fingerprint density at radius 3 is 2.35 bits per heavy atom. The molecule has 2 aromatic carbocycles. The van der Waals surface area contributed by atoms with E-state index in [2.05, 4.69) is 46.4 Å². The normalized spacial score (nSPS) is 12.2. The molecule has 2 nitrogen and oxygen atoms in total. The number of rotatable bonds is 5. The van der Waals surface area contributed by atoms with Gasteiger partial charge in [0.25, 0.3) is 0 Å². The molecule has 0 bridgehead atoms. The third kappa shape index (κ3) is 3.54. The molecule has 1 N–H and O–H groups in total. The molecule has 0 aromatic heterocycles. The Kier molecular flexibility index (Phi) is 5.46. The largest absolute Gasteiger partial charge is 0.497 e. The predicted octanol–water partition coefficient (Wildman–Crippen LogP) is 4.81. The van der Waals surface area contributed by atoms with Crippen molar-refractivity contribution in [3.8, 4) is 5.75 Å². The minimum absolute atomic E-state index is 0.122. The number of nitrogens with one attached hydrogen (secondary N) is 1. The lowest BCUT2D eigenvalue weighted by molar-refractivity contribution is 0.414. The van der Waals surface area contributed by atoms with Gasteiger partial charge >= 0.3 is 0 Å². The Labute approximate surface area is 133 Å². The third-order valence-corrected chi connectivity index (χ3v) is 4.37. The highest BCUT2D eigenvalue weighted by Crippen LogP contribution is 2.29. The fraction of sp³-hybridized carbons (Fsp3) is 0.250. The lowest BCUT2D eigenvalue weighted by Crippen LogP contribution is -2.21. The number of ether oxygens (including phenoxy) is 1. The highest BCUT2D eigenvalue weighted by molar-refractivity contribution is 9.10. The quantitative estimate of drug-likeness (QED) is 0.832. The van der Waals surface area contributed by atoms with Crippen LogP contribution >= 0.6 is 27.5 Å². The third-order valence-electron chi connectivity index (χ3n) is 3.13. The molecule has 4 heteroatoms. The number of benzene rings is 2. The Balaban J connectivity index is 2.35. The molecular formula is C16H17BrClNO. The zero-order valence-corrected chi connectivity index (χ0v) is 13.8. The second-order valence-corrected chi connectivity index (χ2v) is 5.70. The monoisotopic (exact) mass is 353 g/mol. The van der Waals surface area contributed by atoms with E-state index in [0.717, 1.165) is 27.4 Å². The zero-order valence-electron chi connectivity index (χ0n) is 11.5. The number of methoxy groups -OCH3 is 1. The van der Waals surface area contributed by atoms with Crippen molar-refractivity contribution < 1.29 is 4.74 Å². The summed E-state index contributed by atoms with van der Waals surface area (Å²) in [6.07, 6.45) is 0. The summed E-state index contributed by atoms with van der Waals surface area (Å²) in [6.45, 7) is 2.97. The summed E-state index contributed by atoms with van der Waals surface area (Å²) in [6, 6.07) is 14.3. The molecule has 0 fully saturated rings. The summed E-state index contributed by atoms with van der Waals surface area (Å²) in [7, 11) is 1.67. The fourth-order valence-electron chi connectivity index (χ4n) is 2.12. The van der Waals surface area contributed by atoms with Crippen LogP contribution in [-0.2, 0) is 0 Å². The van der Waals surface area contributed by atoms with E-state index in [0.29, 0.717) is 0 Å². The molecule has 2 aromatic rings. The molecule has 0 amide bonds. The predicted molar refractivity (Wildman–Crippen MR) is 87.7 cm³/mol. The average molecular weight is 355 g/mol. The van der Waals surface area contributed by atoms with Crippen molar-refractivity contribution in [2.24, 2.45) is 0 Å². The lowest BCUT2D eigenvalue weighted by Gasteiger charge is -2.19. The van der Waals surface area contributed by atoms with Gasteiger partial charge in [0, 0.05) is 4.47 Å². The van der Waals surface area contributed by atoms with Crippen LogP contribution < -0.4 is 10.1 Å². The smallest absolute Gasteiger partial charge is 0.118 e. The maximum Gasteiger partial charge on any atom is 0.118 e. The van der Waals surface area contributed by atoms with Crippen LogP contribution in [0.3, 0.4) is 0 Å². The first-order valence-electron chi connectivity index (χ1n) is 6.48. The molecule has 106 valence electrons. The molecule has 0 radical (unpaired) electrons. The van der Waals surface area contributed by atoms with Crippen LogP contribution in [0.5, 0.6) is 5.75 Å². The summed E-state index contributed by atoms with van der Waals surface area (Å²) < 4.78 is 6.11. The van der Waals surface area contributed by atoms with Crippen LogP contribution in [0.15, 0.2) is 46.9 Å². The standard InChI is InChI=1S/C16H17BrClNO/c1-3-19-16(11-4-7-13(20-2)8-5-11)12-6-9-14(17)15(18)10-12/h4-10,16,19H,3H2,1-2H3. The van der Waals surface area contributed by atoms with Gasteiger partial charge < -0.3 is 10.1 Å². The van der Waals surface area contributed by atoms with Crippen LogP contribution in [-0.4, -0.2) is 13.7 Å². The first-order chi connectivity index (χ1) is 9.65. The number of halogens is 2. The van der Waals surface area contributed by atoms with E-state index in [9.17, 15) is 0 Å². The van der Waals surface area contributed by atoms with E-state index in [1.165, 1.54) is 5.56 Å². The highest BCUT2D eigenvalue weighted by atomic mass is 79.9. The van der Waals surface area contributed by atoms with E-state index in [1.807, 2.05) is 24.3 Å². The van der Waals surface area contributed by atoms with Gasteiger partial charge in [0.15, 0.2) is 0 Å². The molecule has 0 saturated carbocycles. The van der Waals surface area contributed by atoms with Gasteiger partial charge in [-0.1, -0.05) is 36.7 Å². The van der Waals surface area contributed by atoms with Gasteiger partial charge in [0.2, 0.25) is 0 Å². The Morgan fingerprint density at radius 2 is 1.80 bits per heavy atom. The zero-order chi connectivity index (χ0) is 14.5. The molecule has 0 aliphatic carbocycles. The summed E-state index contributed by atoms with van der Waals surface area (Å²) in [5.74, 6) is 0.859. The van der Waals surface area contributed by atoms with Gasteiger partial charge in [-0.15, -0.1) is 0 Å². The maximum atomic E-state index is 6.20. The molecule has 0 aliphatic rings. The second-order valence-electron chi connectivity index (χ2n) is 4.44. The Morgan fingerprint density at radius 1 is 1.15 bits per heavy atom. The number of hydrogen-bond donors (Lipinski definition) is 1. The van der Waals surface area contributed by atoms with Crippen molar-refractivity contribution in [3.63, 3.8) is 0 Å². The van der Waals surface area contributed by atoms with Gasteiger partial charge in [-0.3, -0.25) is 0 Å². The Bertz CT molecular complexity index is 571. The summed E-state index contributed by atoms with van der Waals surface area (Å²) in [5.41, 5.74) is 2.33. The minimum Gasteiger partial charge on any atom is -0.497 e. The van der Waals surface area contributed by atoms with E-state index in [4.69, 9.17) is 16.3 Å². The summed E-state index contributed by atoms with van der Waals surface area (Å²) >= 11 is 9.62. The lowest BCUT2D eigenvalue weighted by atomic mass is 9.98. The van der Waals surface area contributed by atoms with Gasteiger partial charge in [0.1, 0.15) is 5.75 Å². The van der Waals surface area contributed by atoms with E-state index in [1.54, 1.807) is 7.11 Å². The van der Waals surface area contributed by atoms with E-state index < -0.39 is 0 Å². The number of hydrogen-bond acceptors (Lipinski definition) is 2. The molecule has 20 heavy (non-hydrogen) atoms. The minimum atomic E-state index is 0.122. The van der Waals surface area contributed by atoms with Crippen LogP contribution in [0.25, 0.3) is 0 Å². The molecule has 0 saturated heterocycles. The molecule has 0 heterocycles. The molecule has 0 aliphatic heterocycles. The molecular weight excluding hydrogens is 338 g/mol. The van der Waals surface area contributed by atoms with E-state index in [-0.39, 0.29) is 6.04 Å². The molecule has 2 rings (SSSR count). The van der Waals surface area contributed by atoms with Crippen LogP contribution in [0.1, 0.15) is 24.1 Å². The first kappa shape index (κ1) is 15.4. The molecule has 1 unspecified atom stereocenters. The summed E-state index contributed by atoms with van der Waals surface area (Å²) in [4.78, 5) is 0. The van der Waals surface area contributed by atoms with E-state index >= 15 is 0 Å². The van der Waals surface area contributed by atoms with Crippen molar-refractivity contribution in [1.82, 2.24) is 5.32 Å². The maximum absolute atomic E-state index is 6.20. The van der Waals surface area contributed by atoms with Crippen LogP contribution in [0.4, 0.5) is 0 Å². The first-order valence-corrected chi connectivity index (χ1v) is 7.65. The molecule has 0 spiro atoms. The van der Waals surface area contributed by atoms with Gasteiger partial charge in [-0.2, -0.15) is 0 Å².